The zero-order valence-corrected chi connectivity index (χ0v) is 13.7. The maximum absolute atomic E-state index is 10.7. The van der Waals surface area contributed by atoms with E-state index in [9.17, 15) is 10.1 Å². The first-order chi connectivity index (χ1) is 12.1. The molecule has 0 spiro atoms. The molecule has 0 saturated carbocycles. The SMILES string of the molecule is O=[N+]([O-])c1ccc(N=Nc2ccccc2CN(CCO)CCO)cc1. The number of aliphatic hydroxyl groups is 2. The van der Waals surface area contributed by atoms with Gasteiger partial charge in [-0.2, -0.15) is 10.2 Å². The standard InChI is InChI=1S/C17H20N4O4/c22-11-9-20(10-12-23)13-14-3-1-2-4-17(14)19-18-15-5-7-16(8-6-15)21(24)25/h1-8,22-23H,9-13H2. The van der Waals surface area contributed by atoms with Gasteiger partial charge in [-0.15, -0.1) is 0 Å². The highest BCUT2D eigenvalue weighted by Gasteiger charge is 2.08. The molecule has 0 saturated heterocycles. The Labute approximate surface area is 145 Å². The van der Waals surface area contributed by atoms with Crippen molar-refractivity contribution < 1.29 is 15.1 Å². The molecule has 2 rings (SSSR count). The third-order valence-electron chi connectivity index (χ3n) is 3.55. The first-order valence-corrected chi connectivity index (χ1v) is 7.82. The highest BCUT2D eigenvalue weighted by atomic mass is 16.6. The molecule has 2 aromatic rings. The van der Waals surface area contributed by atoms with E-state index in [0.29, 0.717) is 31.0 Å². The lowest BCUT2D eigenvalue weighted by molar-refractivity contribution is -0.384. The lowest BCUT2D eigenvalue weighted by Gasteiger charge is -2.20. The molecule has 25 heavy (non-hydrogen) atoms. The van der Waals surface area contributed by atoms with Crippen LogP contribution in [0.25, 0.3) is 0 Å². The van der Waals surface area contributed by atoms with Crippen LogP contribution < -0.4 is 0 Å². The maximum atomic E-state index is 10.7. The molecule has 0 aliphatic rings. The Morgan fingerprint density at radius 2 is 1.60 bits per heavy atom. The summed E-state index contributed by atoms with van der Waals surface area (Å²) in [5, 5.41) is 37.2. The van der Waals surface area contributed by atoms with Gasteiger partial charge in [-0.05, 0) is 23.8 Å². The van der Waals surface area contributed by atoms with Crippen molar-refractivity contribution in [3.05, 3.63) is 64.2 Å². The molecule has 0 aliphatic carbocycles. The van der Waals surface area contributed by atoms with Crippen LogP contribution >= 0.6 is 0 Å². The molecule has 0 aromatic heterocycles. The third kappa shape index (κ3) is 5.71. The van der Waals surface area contributed by atoms with Crippen molar-refractivity contribution in [3.8, 4) is 0 Å². The summed E-state index contributed by atoms with van der Waals surface area (Å²) in [4.78, 5) is 12.1. The van der Waals surface area contributed by atoms with E-state index >= 15 is 0 Å². The molecule has 132 valence electrons. The highest BCUT2D eigenvalue weighted by molar-refractivity contribution is 5.47. The molecule has 0 unspecified atom stereocenters. The van der Waals surface area contributed by atoms with Gasteiger partial charge in [0.05, 0.1) is 29.5 Å². The van der Waals surface area contributed by atoms with Gasteiger partial charge >= 0.3 is 0 Å². The second-order valence-corrected chi connectivity index (χ2v) is 5.33. The van der Waals surface area contributed by atoms with E-state index in [1.54, 1.807) is 0 Å². The predicted octanol–water partition coefficient (Wildman–Crippen LogP) is 2.80. The van der Waals surface area contributed by atoms with E-state index in [1.807, 2.05) is 29.2 Å². The monoisotopic (exact) mass is 344 g/mol. The van der Waals surface area contributed by atoms with Gasteiger partial charge in [0.1, 0.15) is 0 Å². The van der Waals surface area contributed by atoms with Crippen LogP contribution in [-0.2, 0) is 6.54 Å². The Morgan fingerprint density at radius 1 is 0.960 bits per heavy atom. The molecule has 0 radical (unpaired) electrons. The smallest absolute Gasteiger partial charge is 0.269 e. The van der Waals surface area contributed by atoms with E-state index in [2.05, 4.69) is 10.2 Å². The summed E-state index contributed by atoms with van der Waals surface area (Å²) in [6.45, 7) is 1.44. The Morgan fingerprint density at radius 3 is 2.20 bits per heavy atom. The molecular weight excluding hydrogens is 324 g/mol. The number of rotatable bonds is 9. The lowest BCUT2D eigenvalue weighted by Crippen LogP contribution is -2.29. The summed E-state index contributed by atoms with van der Waals surface area (Å²) >= 11 is 0. The first kappa shape index (κ1) is 18.7. The summed E-state index contributed by atoms with van der Waals surface area (Å²) in [7, 11) is 0. The van der Waals surface area contributed by atoms with Crippen LogP contribution in [0.3, 0.4) is 0 Å². The molecule has 0 aliphatic heterocycles. The second kappa shape index (κ2) is 9.58. The van der Waals surface area contributed by atoms with Crippen LogP contribution in [0.2, 0.25) is 0 Å². The summed E-state index contributed by atoms with van der Waals surface area (Å²) in [5.41, 5.74) is 2.10. The normalized spacial score (nSPS) is 11.3. The van der Waals surface area contributed by atoms with Gasteiger partial charge in [0.25, 0.3) is 5.69 Å². The van der Waals surface area contributed by atoms with Crippen molar-refractivity contribution in [2.24, 2.45) is 10.2 Å². The molecular formula is C17H20N4O4. The largest absolute Gasteiger partial charge is 0.395 e. The number of benzene rings is 2. The topological polar surface area (TPSA) is 112 Å². The molecule has 8 nitrogen and oxygen atoms in total. The zero-order valence-electron chi connectivity index (χ0n) is 13.7. The lowest BCUT2D eigenvalue weighted by atomic mass is 10.1. The molecule has 8 heteroatoms. The molecule has 0 heterocycles. The van der Waals surface area contributed by atoms with E-state index in [1.165, 1.54) is 24.3 Å². The van der Waals surface area contributed by atoms with Gasteiger partial charge in [0.2, 0.25) is 0 Å². The molecule has 2 N–H and O–H groups in total. The number of hydrogen-bond acceptors (Lipinski definition) is 7. The molecule has 0 fully saturated rings. The van der Waals surface area contributed by atoms with Gasteiger partial charge in [-0.3, -0.25) is 15.0 Å². The van der Waals surface area contributed by atoms with Gasteiger partial charge in [-0.25, -0.2) is 0 Å². The number of non-ortho nitro benzene ring substituents is 1. The summed E-state index contributed by atoms with van der Waals surface area (Å²) in [6.07, 6.45) is 0. The fourth-order valence-electron chi connectivity index (χ4n) is 2.29. The second-order valence-electron chi connectivity index (χ2n) is 5.33. The van der Waals surface area contributed by atoms with Crippen LogP contribution in [0.15, 0.2) is 58.8 Å². The average molecular weight is 344 g/mol. The van der Waals surface area contributed by atoms with Gasteiger partial charge < -0.3 is 10.2 Å². The molecule has 0 bridgehead atoms. The minimum atomic E-state index is -0.465. The van der Waals surface area contributed by atoms with Crippen molar-refractivity contribution in [3.63, 3.8) is 0 Å². The molecule has 0 atom stereocenters. The number of nitro groups is 1. The van der Waals surface area contributed by atoms with Gasteiger partial charge in [-0.1, -0.05) is 18.2 Å². The Hall–Kier alpha value is -2.68. The van der Waals surface area contributed by atoms with Crippen LogP contribution in [0.1, 0.15) is 5.56 Å². The zero-order chi connectivity index (χ0) is 18.1. The number of azo groups is 1. The third-order valence-corrected chi connectivity index (χ3v) is 3.55. The Balaban J connectivity index is 2.15. The summed E-state index contributed by atoms with van der Waals surface area (Å²) < 4.78 is 0. The number of hydrogen-bond donors (Lipinski definition) is 2. The number of nitro benzene ring substituents is 1. The van der Waals surface area contributed by atoms with Crippen molar-refractivity contribution in [1.29, 1.82) is 0 Å². The molecule has 2 aromatic carbocycles. The van der Waals surface area contributed by atoms with Crippen molar-refractivity contribution in [2.45, 2.75) is 6.54 Å². The molecule has 0 amide bonds. The van der Waals surface area contributed by atoms with E-state index in [-0.39, 0.29) is 18.9 Å². The van der Waals surface area contributed by atoms with Crippen LogP contribution in [-0.4, -0.2) is 46.3 Å². The fourth-order valence-corrected chi connectivity index (χ4v) is 2.29. The van der Waals surface area contributed by atoms with E-state index in [4.69, 9.17) is 10.2 Å². The van der Waals surface area contributed by atoms with Gasteiger partial charge in [0.15, 0.2) is 0 Å². The summed E-state index contributed by atoms with van der Waals surface area (Å²) in [5.74, 6) is 0. The van der Waals surface area contributed by atoms with Crippen LogP contribution in [0.4, 0.5) is 17.1 Å². The highest BCUT2D eigenvalue weighted by Crippen LogP contribution is 2.24. The van der Waals surface area contributed by atoms with E-state index < -0.39 is 4.92 Å². The predicted molar refractivity (Wildman–Crippen MR) is 93.2 cm³/mol. The van der Waals surface area contributed by atoms with Crippen molar-refractivity contribution >= 4 is 17.1 Å². The fraction of sp³-hybridized carbons (Fsp3) is 0.294. The minimum Gasteiger partial charge on any atom is -0.395 e. The Kier molecular flexibility index (Phi) is 7.15. The number of aliphatic hydroxyl groups excluding tert-OH is 2. The average Bonchev–Trinajstić information content (AvgIpc) is 2.62. The first-order valence-electron chi connectivity index (χ1n) is 7.82. The van der Waals surface area contributed by atoms with Gasteiger partial charge in [0, 0.05) is 31.8 Å². The van der Waals surface area contributed by atoms with Crippen LogP contribution in [0.5, 0.6) is 0 Å². The maximum Gasteiger partial charge on any atom is 0.269 e. The van der Waals surface area contributed by atoms with E-state index in [0.717, 1.165) is 5.56 Å². The van der Waals surface area contributed by atoms with Crippen molar-refractivity contribution in [1.82, 2.24) is 4.90 Å². The van der Waals surface area contributed by atoms with Crippen molar-refractivity contribution in [2.75, 3.05) is 26.3 Å². The minimum absolute atomic E-state index is 0.00278. The quantitative estimate of drug-likeness (QED) is 0.413. The van der Waals surface area contributed by atoms with Crippen LogP contribution in [0, 0.1) is 10.1 Å². The number of nitrogens with zero attached hydrogens (tertiary/aromatic N) is 4. The Bertz CT molecular complexity index is 713. The summed E-state index contributed by atoms with van der Waals surface area (Å²) in [6, 6.07) is 13.3.